The molecule has 0 aliphatic carbocycles. The van der Waals surface area contributed by atoms with Gasteiger partial charge in [-0.2, -0.15) is 0 Å². The van der Waals surface area contributed by atoms with Gasteiger partial charge >= 0.3 is 5.97 Å². The Hall–Kier alpha value is -2.89. The Morgan fingerprint density at radius 1 is 1.14 bits per heavy atom. The van der Waals surface area contributed by atoms with Gasteiger partial charge < -0.3 is 15.6 Å². The number of esters is 1. The summed E-state index contributed by atoms with van der Waals surface area (Å²) in [6.45, 7) is -0.500. The van der Waals surface area contributed by atoms with Gasteiger partial charge in [0, 0.05) is 11.3 Å². The lowest BCUT2D eigenvalue weighted by atomic mass is 10.1. The van der Waals surface area contributed by atoms with Crippen LogP contribution < -0.4 is 5.73 Å². The SMILES string of the molecule is Nc1ccc(O)cc1C(=O)OCC(=O)c1ccc(F)cc1. The lowest BCUT2D eigenvalue weighted by molar-refractivity contribution is 0.0475. The summed E-state index contributed by atoms with van der Waals surface area (Å²) in [6.07, 6.45) is 0. The minimum atomic E-state index is -0.820. The van der Waals surface area contributed by atoms with E-state index in [1.807, 2.05) is 0 Å². The number of phenols is 1. The van der Waals surface area contributed by atoms with Gasteiger partial charge in [-0.3, -0.25) is 4.79 Å². The molecule has 0 amide bonds. The number of nitrogen functional groups attached to an aromatic ring is 1. The Balaban J connectivity index is 2.02. The number of aromatic hydroxyl groups is 1. The molecule has 0 aromatic heterocycles. The van der Waals surface area contributed by atoms with Gasteiger partial charge in [0.25, 0.3) is 0 Å². The third kappa shape index (κ3) is 3.56. The van der Waals surface area contributed by atoms with E-state index in [0.717, 1.165) is 18.2 Å². The predicted molar refractivity (Wildman–Crippen MR) is 73.5 cm³/mol. The van der Waals surface area contributed by atoms with E-state index in [1.165, 1.54) is 24.3 Å². The molecule has 0 bridgehead atoms. The van der Waals surface area contributed by atoms with Gasteiger partial charge in [0.05, 0.1) is 5.56 Å². The second kappa shape index (κ2) is 6.04. The van der Waals surface area contributed by atoms with Gasteiger partial charge in [-0.15, -0.1) is 0 Å². The van der Waals surface area contributed by atoms with Gasteiger partial charge in [-0.1, -0.05) is 0 Å². The van der Waals surface area contributed by atoms with E-state index in [4.69, 9.17) is 10.5 Å². The molecule has 6 heteroatoms. The normalized spacial score (nSPS) is 10.1. The maximum absolute atomic E-state index is 12.7. The quantitative estimate of drug-likeness (QED) is 0.389. The van der Waals surface area contributed by atoms with Crippen molar-refractivity contribution in [1.29, 1.82) is 0 Å². The first-order valence-electron chi connectivity index (χ1n) is 6.02. The molecular weight excluding hydrogens is 277 g/mol. The molecule has 0 saturated heterocycles. The zero-order valence-corrected chi connectivity index (χ0v) is 10.9. The van der Waals surface area contributed by atoms with Gasteiger partial charge in [-0.05, 0) is 42.5 Å². The monoisotopic (exact) mass is 289 g/mol. The molecule has 0 atom stereocenters. The van der Waals surface area contributed by atoms with Crippen LogP contribution in [0.4, 0.5) is 10.1 Å². The van der Waals surface area contributed by atoms with E-state index in [0.29, 0.717) is 0 Å². The molecule has 2 rings (SSSR count). The van der Waals surface area contributed by atoms with Crippen molar-refractivity contribution in [3.63, 3.8) is 0 Å². The van der Waals surface area contributed by atoms with E-state index in [1.54, 1.807) is 0 Å². The van der Waals surface area contributed by atoms with Crippen LogP contribution in [0.1, 0.15) is 20.7 Å². The summed E-state index contributed by atoms with van der Waals surface area (Å²) in [4.78, 5) is 23.5. The number of carbonyl (C=O) groups is 2. The molecule has 21 heavy (non-hydrogen) atoms. The zero-order chi connectivity index (χ0) is 15.4. The maximum atomic E-state index is 12.7. The van der Waals surface area contributed by atoms with E-state index in [9.17, 15) is 19.1 Å². The van der Waals surface area contributed by atoms with Crippen molar-refractivity contribution in [2.24, 2.45) is 0 Å². The highest BCUT2D eigenvalue weighted by Gasteiger charge is 2.15. The van der Waals surface area contributed by atoms with Crippen molar-refractivity contribution in [1.82, 2.24) is 0 Å². The highest BCUT2D eigenvalue weighted by molar-refractivity contribution is 6.00. The van der Waals surface area contributed by atoms with Crippen molar-refractivity contribution >= 4 is 17.4 Å². The number of halogens is 1. The van der Waals surface area contributed by atoms with Crippen LogP contribution >= 0.6 is 0 Å². The number of hydrogen-bond donors (Lipinski definition) is 2. The fourth-order valence-corrected chi connectivity index (χ4v) is 1.65. The second-order valence-electron chi connectivity index (χ2n) is 4.28. The number of Topliss-reactive ketones (excluding diaryl/α,β-unsaturated/α-hetero) is 1. The van der Waals surface area contributed by atoms with Crippen LogP contribution in [-0.2, 0) is 4.74 Å². The molecular formula is C15H12FNO4. The number of ketones is 1. The van der Waals surface area contributed by atoms with Crippen molar-refractivity contribution < 1.29 is 23.8 Å². The average Bonchev–Trinajstić information content (AvgIpc) is 2.47. The number of nitrogens with two attached hydrogens (primary N) is 1. The molecule has 2 aromatic rings. The highest BCUT2D eigenvalue weighted by atomic mass is 19.1. The summed E-state index contributed by atoms with van der Waals surface area (Å²) in [7, 11) is 0. The Labute approximate surface area is 119 Å². The lowest BCUT2D eigenvalue weighted by Crippen LogP contribution is -2.15. The molecule has 0 fully saturated rings. The molecule has 0 heterocycles. The summed E-state index contributed by atoms with van der Waals surface area (Å²) in [5, 5.41) is 9.30. The van der Waals surface area contributed by atoms with Crippen LogP contribution in [-0.4, -0.2) is 23.5 Å². The molecule has 5 nitrogen and oxygen atoms in total. The van der Waals surface area contributed by atoms with Gasteiger partial charge in [0.2, 0.25) is 0 Å². The second-order valence-corrected chi connectivity index (χ2v) is 4.28. The standard InChI is InChI=1S/C15H12FNO4/c16-10-3-1-9(2-4-10)14(19)8-21-15(20)12-7-11(18)5-6-13(12)17/h1-7,18H,8,17H2. The Kier molecular flexibility index (Phi) is 4.18. The minimum Gasteiger partial charge on any atom is -0.508 e. The fourth-order valence-electron chi connectivity index (χ4n) is 1.65. The first kappa shape index (κ1) is 14.5. The van der Waals surface area contributed by atoms with Crippen molar-refractivity contribution in [2.45, 2.75) is 0 Å². The molecule has 3 N–H and O–H groups in total. The predicted octanol–water partition coefficient (Wildman–Crippen LogP) is 2.15. The van der Waals surface area contributed by atoms with Crippen molar-refractivity contribution in [3.05, 3.63) is 59.4 Å². The highest BCUT2D eigenvalue weighted by Crippen LogP contribution is 2.19. The van der Waals surface area contributed by atoms with Crippen LogP contribution in [0.25, 0.3) is 0 Å². The van der Waals surface area contributed by atoms with Crippen LogP contribution in [0.5, 0.6) is 5.75 Å². The molecule has 0 radical (unpaired) electrons. The van der Waals surface area contributed by atoms with Crippen LogP contribution in [0.3, 0.4) is 0 Å². The number of hydrogen-bond acceptors (Lipinski definition) is 5. The summed E-state index contributed by atoms with van der Waals surface area (Å²) in [5.41, 5.74) is 5.92. The van der Waals surface area contributed by atoms with Gasteiger partial charge in [0.1, 0.15) is 11.6 Å². The summed E-state index contributed by atoms with van der Waals surface area (Å²) in [6, 6.07) is 8.72. The largest absolute Gasteiger partial charge is 0.508 e. The van der Waals surface area contributed by atoms with Crippen LogP contribution in [0, 0.1) is 5.82 Å². The Morgan fingerprint density at radius 2 is 1.81 bits per heavy atom. The minimum absolute atomic E-state index is 0.0260. The van der Waals surface area contributed by atoms with Crippen LogP contribution in [0.15, 0.2) is 42.5 Å². The van der Waals surface area contributed by atoms with E-state index in [2.05, 4.69) is 0 Å². The third-order valence-corrected chi connectivity index (χ3v) is 2.76. The van der Waals surface area contributed by atoms with E-state index in [-0.39, 0.29) is 22.6 Å². The van der Waals surface area contributed by atoms with E-state index >= 15 is 0 Å². The van der Waals surface area contributed by atoms with Gasteiger partial charge in [0.15, 0.2) is 12.4 Å². The zero-order valence-electron chi connectivity index (χ0n) is 10.9. The molecule has 0 spiro atoms. The van der Waals surface area contributed by atoms with Crippen molar-refractivity contribution in [2.75, 3.05) is 12.3 Å². The summed E-state index contributed by atoms with van der Waals surface area (Å²) >= 11 is 0. The fraction of sp³-hybridized carbons (Fsp3) is 0.0667. The maximum Gasteiger partial charge on any atom is 0.340 e. The number of carbonyl (C=O) groups excluding carboxylic acids is 2. The van der Waals surface area contributed by atoms with E-state index < -0.39 is 24.2 Å². The first-order chi connectivity index (χ1) is 9.97. The number of phenolic OH excluding ortho intramolecular Hbond substituents is 1. The molecule has 0 aliphatic heterocycles. The molecule has 0 aliphatic rings. The van der Waals surface area contributed by atoms with Crippen LogP contribution in [0.2, 0.25) is 0 Å². The Morgan fingerprint density at radius 3 is 2.48 bits per heavy atom. The first-order valence-corrected chi connectivity index (χ1v) is 6.02. The summed E-state index contributed by atoms with van der Waals surface area (Å²) < 4.78 is 17.6. The summed E-state index contributed by atoms with van der Waals surface area (Å²) in [5.74, 6) is -1.89. The number of rotatable bonds is 4. The third-order valence-electron chi connectivity index (χ3n) is 2.76. The smallest absolute Gasteiger partial charge is 0.340 e. The molecule has 2 aromatic carbocycles. The lowest BCUT2D eigenvalue weighted by Gasteiger charge is -2.07. The Bertz CT molecular complexity index is 683. The van der Waals surface area contributed by atoms with Crippen molar-refractivity contribution in [3.8, 4) is 5.75 Å². The number of benzene rings is 2. The topological polar surface area (TPSA) is 89.6 Å². The molecule has 0 unspecified atom stereocenters. The average molecular weight is 289 g/mol. The van der Waals surface area contributed by atoms with Gasteiger partial charge in [-0.25, -0.2) is 9.18 Å². The molecule has 108 valence electrons. The number of anilines is 1. The number of ether oxygens (including phenoxy) is 1. The molecule has 0 saturated carbocycles.